The number of anilines is 1. The van der Waals surface area contributed by atoms with E-state index in [4.69, 9.17) is 14.5 Å². The molecule has 2 saturated heterocycles. The van der Waals surface area contributed by atoms with Crippen LogP contribution in [0.2, 0.25) is 0 Å². The van der Waals surface area contributed by atoms with Gasteiger partial charge in [-0.05, 0) is 31.9 Å². The van der Waals surface area contributed by atoms with Crippen molar-refractivity contribution >= 4 is 27.6 Å². The van der Waals surface area contributed by atoms with Crippen molar-refractivity contribution in [3.8, 4) is 17.0 Å². The fraction of sp³-hybridized carbons (Fsp3) is 0.464. The molecule has 0 aliphatic carbocycles. The second kappa shape index (κ2) is 8.99. The summed E-state index contributed by atoms with van der Waals surface area (Å²) in [6, 6.07) is 10.1. The summed E-state index contributed by atoms with van der Waals surface area (Å²) < 4.78 is 13.8. The van der Waals surface area contributed by atoms with E-state index in [9.17, 15) is 9.59 Å². The van der Waals surface area contributed by atoms with Gasteiger partial charge in [0.1, 0.15) is 23.1 Å². The lowest BCUT2D eigenvalue weighted by molar-refractivity contribution is 0.180. The minimum atomic E-state index is -0.302. The van der Waals surface area contributed by atoms with Crippen LogP contribution >= 0.6 is 0 Å². The van der Waals surface area contributed by atoms with Crippen molar-refractivity contribution in [2.75, 3.05) is 38.3 Å². The molecule has 10 heteroatoms. The molecule has 6 bridgehead atoms. The van der Waals surface area contributed by atoms with Gasteiger partial charge in [-0.3, -0.25) is 24.3 Å². The summed E-state index contributed by atoms with van der Waals surface area (Å²) in [5.74, 6) is 0.674. The van der Waals surface area contributed by atoms with Crippen molar-refractivity contribution in [3.63, 3.8) is 0 Å². The normalized spacial score (nSPS) is 24.9. The van der Waals surface area contributed by atoms with E-state index in [0.717, 1.165) is 44.6 Å². The second-order valence-corrected chi connectivity index (χ2v) is 10.8. The zero-order valence-electron chi connectivity index (χ0n) is 21.7. The predicted octanol–water partition coefficient (Wildman–Crippen LogP) is 2.70. The molecular formula is C28H32N6O4. The van der Waals surface area contributed by atoms with E-state index in [1.165, 1.54) is 0 Å². The molecule has 0 saturated carbocycles. The third-order valence-corrected chi connectivity index (χ3v) is 8.43. The molecular weight excluding hydrogens is 484 g/mol. The number of hydrogen-bond acceptors (Lipinski definition) is 7. The van der Waals surface area contributed by atoms with Gasteiger partial charge in [-0.1, -0.05) is 12.1 Å². The molecule has 2 aromatic heterocycles. The van der Waals surface area contributed by atoms with E-state index in [-0.39, 0.29) is 29.0 Å². The van der Waals surface area contributed by atoms with Crippen LogP contribution in [0.1, 0.15) is 26.2 Å². The largest absolute Gasteiger partial charge is 0.487 e. The lowest BCUT2D eigenvalue weighted by Gasteiger charge is -2.27. The zero-order valence-corrected chi connectivity index (χ0v) is 21.7. The number of aromatic amines is 2. The van der Waals surface area contributed by atoms with Crippen molar-refractivity contribution in [2.24, 2.45) is 0 Å². The highest BCUT2D eigenvalue weighted by atomic mass is 16.5. The van der Waals surface area contributed by atoms with E-state index >= 15 is 0 Å². The number of fused-ring (bicyclic) bond motifs is 5. The molecule has 2 N–H and O–H groups in total. The highest BCUT2D eigenvalue weighted by Gasteiger charge is 2.32. The minimum absolute atomic E-state index is 0.0178. The van der Waals surface area contributed by atoms with Crippen LogP contribution in [0.4, 0.5) is 5.69 Å². The molecule has 2 fully saturated rings. The van der Waals surface area contributed by atoms with Crippen molar-refractivity contribution in [3.05, 3.63) is 51.0 Å². The lowest BCUT2D eigenvalue weighted by Crippen LogP contribution is -2.34. The number of benzene rings is 2. The van der Waals surface area contributed by atoms with Gasteiger partial charge >= 0.3 is 0 Å². The molecule has 0 amide bonds. The van der Waals surface area contributed by atoms with Crippen LogP contribution < -0.4 is 20.8 Å². The Bertz CT molecular complexity index is 1660. The molecule has 2 unspecified atom stereocenters. The van der Waals surface area contributed by atoms with Crippen LogP contribution in [-0.4, -0.2) is 76.2 Å². The van der Waals surface area contributed by atoms with Crippen molar-refractivity contribution in [1.82, 2.24) is 24.6 Å². The summed E-state index contributed by atoms with van der Waals surface area (Å²) in [6.45, 7) is 5.81. The van der Waals surface area contributed by atoms with Gasteiger partial charge in [-0.2, -0.15) is 0 Å². The number of para-hydroxylation sites is 1. The maximum absolute atomic E-state index is 13.4. The highest BCUT2D eigenvalue weighted by Crippen LogP contribution is 2.36. The molecule has 198 valence electrons. The van der Waals surface area contributed by atoms with Crippen LogP contribution in [0.5, 0.6) is 5.75 Å². The first kappa shape index (κ1) is 23.5. The molecule has 7 rings (SSSR count). The van der Waals surface area contributed by atoms with Crippen LogP contribution in [0.3, 0.4) is 0 Å². The molecule has 0 spiro atoms. The number of nitrogens with one attached hydrogen (secondary N) is 2. The molecule has 3 aliphatic heterocycles. The summed E-state index contributed by atoms with van der Waals surface area (Å²) in [5.41, 5.74) is 3.37. The van der Waals surface area contributed by atoms with Crippen LogP contribution in [0, 0.1) is 0 Å². The minimum Gasteiger partial charge on any atom is -0.487 e. The van der Waals surface area contributed by atoms with E-state index in [1.54, 1.807) is 23.9 Å². The maximum Gasteiger partial charge on any atom is 0.275 e. The third kappa shape index (κ3) is 3.73. The Labute approximate surface area is 219 Å². The van der Waals surface area contributed by atoms with Gasteiger partial charge in [-0.25, -0.2) is 4.98 Å². The first-order valence-corrected chi connectivity index (χ1v) is 13.5. The smallest absolute Gasteiger partial charge is 0.275 e. The van der Waals surface area contributed by atoms with Gasteiger partial charge in [0.2, 0.25) is 0 Å². The summed E-state index contributed by atoms with van der Waals surface area (Å²) in [5, 5.41) is 3.82. The zero-order chi connectivity index (χ0) is 26.0. The molecule has 4 aromatic rings. The number of methoxy groups -OCH3 is 1. The molecule has 3 aliphatic rings. The Kier molecular flexibility index (Phi) is 5.55. The van der Waals surface area contributed by atoms with Gasteiger partial charge < -0.3 is 19.4 Å². The molecule has 4 atom stereocenters. The monoisotopic (exact) mass is 516 g/mol. The Hall–Kier alpha value is -3.63. The molecule has 38 heavy (non-hydrogen) atoms. The van der Waals surface area contributed by atoms with Crippen molar-refractivity contribution in [1.29, 1.82) is 0 Å². The topological polar surface area (TPSA) is 108 Å². The number of nitrogens with zero attached hydrogens (tertiary/aromatic N) is 4. The third-order valence-electron chi connectivity index (χ3n) is 8.43. The first-order chi connectivity index (χ1) is 18.5. The van der Waals surface area contributed by atoms with Crippen LogP contribution in [0.15, 0.2) is 39.9 Å². The quantitative estimate of drug-likeness (QED) is 0.431. The summed E-state index contributed by atoms with van der Waals surface area (Å²) in [6.07, 6.45) is 3.01. The Morgan fingerprint density at radius 2 is 2.08 bits per heavy atom. The SMILES string of the molecule is COC[C@@H]1CCCN1c1cc2c3nc(c(=O)[nH]c3c1)-c1cccc3c(=O)n([nH]c13)CCN1CC(C[C@H]1C)O2. The number of rotatable bonds is 3. The summed E-state index contributed by atoms with van der Waals surface area (Å²) in [7, 11) is 1.73. The fourth-order valence-corrected chi connectivity index (χ4v) is 6.52. The molecule has 2 aromatic carbocycles. The Balaban J connectivity index is 1.46. The van der Waals surface area contributed by atoms with Gasteiger partial charge in [0, 0.05) is 56.5 Å². The maximum atomic E-state index is 13.4. The molecule has 10 nitrogen and oxygen atoms in total. The summed E-state index contributed by atoms with van der Waals surface area (Å²) in [4.78, 5) is 39.3. The highest BCUT2D eigenvalue weighted by molar-refractivity contribution is 5.94. The van der Waals surface area contributed by atoms with Gasteiger partial charge in [0.25, 0.3) is 11.1 Å². The number of H-pyrrole nitrogens is 2. The van der Waals surface area contributed by atoms with E-state index in [1.807, 2.05) is 12.1 Å². The van der Waals surface area contributed by atoms with Crippen LogP contribution in [0.25, 0.3) is 33.2 Å². The average molecular weight is 517 g/mol. The van der Waals surface area contributed by atoms with Crippen molar-refractivity contribution < 1.29 is 9.47 Å². The first-order valence-electron chi connectivity index (χ1n) is 13.5. The number of aromatic nitrogens is 4. The Morgan fingerprint density at radius 3 is 2.95 bits per heavy atom. The number of ether oxygens (including phenoxy) is 2. The van der Waals surface area contributed by atoms with Gasteiger partial charge in [0.05, 0.1) is 35.6 Å². The lowest BCUT2D eigenvalue weighted by atomic mass is 10.1. The summed E-state index contributed by atoms with van der Waals surface area (Å²) >= 11 is 0. The van der Waals surface area contributed by atoms with Crippen molar-refractivity contribution in [2.45, 2.75) is 50.9 Å². The van der Waals surface area contributed by atoms with E-state index < -0.39 is 0 Å². The van der Waals surface area contributed by atoms with E-state index in [2.05, 4.69) is 32.9 Å². The second-order valence-electron chi connectivity index (χ2n) is 10.8. The predicted molar refractivity (Wildman–Crippen MR) is 146 cm³/mol. The Morgan fingerprint density at radius 1 is 1.18 bits per heavy atom. The van der Waals surface area contributed by atoms with Gasteiger partial charge in [-0.15, -0.1) is 0 Å². The standard InChI is InChI=1S/C28H32N6O4/c1-16-11-19-14-32(16)9-10-34-28(36)21-7-3-6-20(24(21)31-34)25-27(35)29-22-12-18(13-23(38-19)26(22)30-25)33-8-4-5-17(33)15-37-2/h3,6-7,12-13,16-17,19,31H,4-5,8-11,14-15H2,1-2H3,(H,29,35)/t16-,17+,19?/m1/s1. The average Bonchev–Trinajstić information content (AvgIpc) is 3.59. The molecule has 5 heterocycles. The van der Waals surface area contributed by atoms with Gasteiger partial charge in [0.15, 0.2) is 0 Å². The molecule has 0 radical (unpaired) electrons. The van der Waals surface area contributed by atoms with Crippen LogP contribution in [-0.2, 0) is 11.3 Å². The number of hydrogen-bond donors (Lipinski definition) is 2. The van der Waals surface area contributed by atoms with E-state index in [0.29, 0.717) is 52.4 Å². The fourth-order valence-electron chi connectivity index (χ4n) is 6.52.